The predicted octanol–water partition coefficient (Wildman–Crippen LogP) is 1.89. The maximum absolute atomic E-state index is 13.6. The number of nitrogens with two attached hydrogens (primary N) is 2. The van der Waals surface area contributed by atoms with Gasteiger partial charge in [-0.1, -0.05) is 29.4 Å². The van der Waals surface area contributed by atoms with Gasteiger partial charge in [-0.05, 0) is 34.7 Å². The molecule has 10 heteroatoms. The monoisotopic (exact) mass is 408 g/mol. The molecule has 0 fully saturated rings. The molecule has 2 heterocycles. The summed E-state index contributed by atoms with van der Waals surface area (Å²) in [6.45, 7) is 0.0190. The Morgan fingerprint density at radius 1 is 1.20 bits per heavy atom. The van der Waals surface area contributed by atoms with E-state index in [1.54, 1.807) is 24.3 Å². The molecule has 2 aromatic heterocycles. The minimum Gasteiger partial charge on any atom is -0.383 e. The minimum absolute atomic E-state index is 0.0190. The molecule has 1 amide bonds. The Morgan fingerprint density at radius 3 is 2.73 bits per heavy atom. The summed E-state index contributed by atoms with van der Waals surface area (Å²) in [5, 5.41) is 18.3. The van der Waals surface area contributed by atoms with Gasteiger partial charge in [-0.15, -0.1) is 0 Å². The van der Waals surface area contributed by atoms with Crippen LogP contribution in [0.5, 0.6) is 0 Å². The number of aromatic nitrogens is 3. The van der Waals surface area contributed by atoms with E-state index >= 15 is 0 Å². The zero-order valence-electron chi connectivity index (χ0n) is 15.5. The van der Waals surface area contributed by atoms with Crippen molar-refractivity contribution in [1.29, 1.82) is 0 Å². The van der Waals surface area contributed by atoms with E-state index < -0.39 is 12.1 Å². The smallest absolute Gasteiger partial charge is 0.315 e. The van der Waals surface area contributed by atoms with Gasteiger partial charge in [0.2, 0.25) is 0 Å². The summed E-state index contributed by atoms with van der Waals surface area (Å²) in [7, 11) is 0. The molecule has 30 heavy (non-hydrogen) atoms. The van der Waals surface area contributed by atoms with Gasteiger partial charge in [0.15, 0.2) is 5.82 Å². The number of nitrogens with zero attached hydrogens (tertiary/aromatic N) is 3. The number of anilines is 1. The molecule has 9 nitrogen and oxygen atoms in total. The number of nitrogen functional groups attached to an aromatic ring is 1. The molecule has 152 valence electrons. The van der Waals surface area contributed by atoms with Crippen LogP contribution < -0.4 is 16.8 Å². The number of halogens is 1. The van der Waals surface area contributed by atoms with Gasteiger partial charge in [-0.2, -0.15) is 4.98 Å². The van der Waals surface area contributed by atoms with Gasteiger partial charge in [0.05, 0.1) is 6.54 Å². The molecule has 0 aliphatic heterocycles. The molecule has 4 aromatic rings. The second-order valence-electron chi connectivity index (χ2n) is 6.53. The molecule has 0 spiro atoms. The van der Waals surface area contributed by atoms with Crippen molar-refractivity contribution >= 4 is 22.5 Å². The summed E-state index contributed by atoms with van der Waals surface area (Å²) < 4.78 is 18.3. The normalized spacial score (nSPS) is 12.2. The highest BCUT2D eigenvalue weighted by molar-refractivity contribution is 5.96. The minimum atomic E-state index is -1.13. The van der Waals surface area contributed by atoms with E-state index in [9.17, 15) is 14.3 Å². The van der Waals surface area contributed by atoms with Crippen LogP contribution in [0.15, 0.2) is 53.2 Å². The van der Waals surface area contributed by atoms with Gasteiger partial charge in [0, 0.05) is 17.1 Å². The molecule has 6 N–H and O–H groups in total. The standard InChI is InChI=1S/C20H17FN6O3/c21-12-3-1-2-10(6-12)11-4-5-13-14(7-11)17(22)24-8-15(13)19(29)25-9-16-26-20(18(23)28)30-27-16/h1-8,19,25,29H,9H2,(H2,22,24)(H2,23,28). The molecule has 0 aliphatic carbocycles. The summed E-state index contributed by atoms with van der Waals surface area (Å²) in [4.78, 5) is 19.0. The Balaban J connectivity index is 1.62. The molecular weight excluding hydrogens is 391 g/mol. The van der Waals surface area contributed by atoms with Gasteiger partial charge in [0.25, 0.3) is 0 Å². The lowest BCUT2D eigenvalue weighted by Gasteiger charge is -2.16. The van der Waals surface area contributed by atoms with Crippen LogP contribution in [0, 0.1) is 5.82 Å². The number of fused-ring (bicyclic) bond motifs is 1. The second kappa shape index (κ2) is 7.85. The first-order valence-corrected chi connectivity index (χ1v) is 8.90. The Bertz CT molecular complexity index is 1240. The number of aliphatic hydroxyl groups excluding tert-OH is 1. The van der Waals surface area contributed by atoms with Gasteiger partial charge >= 0.3 is 11.8 Å². The van der Waals surface area contributed by atoms with E-state index in [1.165, 1.54) is 18.3 Å². The summed E-state index contributed by atoms with van der Waals surface area (Å²) in [6, 6.07) is 11.6. The van der Waals surface area contributed by atoms with Crippen molar-refractivity contribution in [3.63, 3.8) is 0 Å². The number of nitrogens with one attached hydrogen (secondary N) is 1. The maximum Gasteiger partial charge on any atom is 0.315 e. The van der Waals surface area contributed by atoms with Crippen LogP contribution in [0.3, 0.4) is 0 Å². The SMILES string of the molecule is NC(=O)c1nc(CNC(O)c2cnc(N)c3cc(-c4cccc(F)c4)ccc23)no1. The summed E-state index contributed by atoms with van der Waals surface area (Å²) in [5.41, 5.74) is 13.0. The van der Waals surface area contributed by atoms with Crippen molar-refractivity contribution in [2.24, 2.45) is 5.73 Å². The largest absolute Gasteiger partial charge is 0.383 e. The van der Waals surface area contributed by atoms with Gasteiger partial charge < -0.3 is 21.1 Å². The van der Waals surface area contributed by atoms with Crippen LogP contribution in [0.4, 0.5) is 10.2 Å². The second-order valence-corrected chi connectivity index (χ2v) is 6.53. The lowest BCUT2D eigenvalue weighted by atomic mass is 9.99. The third-order valence-electron chi connectivity index (χ3n) is 4.53. The van der Waals surface area contributed by atoms with Gasteiger partial charge in [-0.3, -0.25) is 10.1 Å². The number of primary amides is 1. The van der Waals surface area contributed by atoms with Crippen LogP contribution in [0.1, 0.15) is 28.3 Å². The molecular formula is C20H17FN6O3. The van der Waals surface area contributed by atoms with Crippen molar-refractivity contribution in [3.8, 4) is 11.1 Å². The van der Waals surface area contributed by atoms with Crippen LogP contribution in [-0.2, 0) is 6.54 Å². The fraction of sp³-hybridized carbons (Fsp3) is 0.100. The summed E-state index contributed by atoms with van der Waals surface area (Å²) in [6.07, 6.45) is 0.332. The van der Waals surface area contributed by atoms with Crippen molar-refractivity contribution in [2.75, 3.05) is 5.73 Å². The number of hydrogen-bond donors (Lipinski definition) is 4. The number of carbonyl (C=O) groups is 1. The molecule has 2 aromatic carbocycles. The number of amides is 1. The number of rotatable bonds is 6. The highest BCUT2D eigenvalue weighted by Gasteiger charge is 2.16. The fourth-order valence-corrected chi connectivity index (χ4v) is 3.08. The molecule has 1 unspecified atom stereocenters. The van der Waals surface area contributed by atoms with E-state index in [1.807, 2.05) is 6.07 Å². The highest BCUT2D eigenvalue weighted by Crippen LogP contribution is 2.31. The molecule has 1 atom stereocenters. The Hall–Kier alpha value is -3.89. The van der Waals surface area contributed by atoms with E-state index in [2.05, 4.69) is 20.4 Å². The number of aliphatic hydroxyl groups is 1. The predicted molar refractivity (Wildman–Crippen MR) is 106 cm³/mol. The van der Waals surface area contributed by atoms with Gasteiger partial charge in [-0.25, -0.2) is 9.37 Å². The van der Waals surface area contributed by atoms with E-state index in [0.29, 0.717) is 21.9 Å². The molecule has 0 saturated heterocycles. The first kappa shape index (κ1) is 19.4. The first-order valence-electron chi connectivity index (χ1n) is 8.90. The van der Waals surface area contributed by atoms with Crippen LogP contribution in [-0.4, -0.2) is 26.1 Å². The number of pyridine rings is 1. The quantitative estimate of drug-likeness (QED) is 0.353. The molecule has 0 saturated carbocycles. The summed E-state index contributed by atoms with van der Waals surface area (Å²) >= 11 is 0. The lowest BCUT2D eigenvalue weighted by Crippen LogP contribution is -2.22. The Labute approximate surface area is 169 Å². The van der Waals surface area contributed by atoms with Crippen molar-refractivity contribution in [1.82, 2.24) is 20.4 Å². The van der Waals surface area contributed by atoms with Gasteiger partial charge in [0.1, 0.15) is 17.9 Å². The summed E-state index contributed by atoms with van der Waals surface area (Å²) in [5.74, 6) is -1.05. The van der Waals surface area contributed by atoms with Crippen LogP contribution in [0.2, 0.25) is 0 Å². The maximum atomic E-state index is 13.6. The Kier molecular flexibility index (Phi) is 5.09. The zero-order valence-corrected chi connectivity index (χ0v) is 15.5. The fourth-order valence-electron chi connectivity index (χ4n) is 3.08. The van der Waals surface area contributed by atoms with Crippen molar-refractivity contribution in [3.05, 3.63) is 71.8 Å². The number of benzene rings is 2. The average molecular weight is 408 g/mol. The van der Waals surface area contributed by atoms with Crippen molar-refractivity contribution < 1.29 is 18.8 Å². The third kappa shape index (κ3) is 3.81. The third-order valence-corrected chi connectivity index (χ3v) is 4.53. The first-order chi connectivity index (χ1) is 14.4. The van der Waals surface area contributed by atoms with Crippen LogP contribution in [0.25, 0.3) is 21.9 Å². The van der Waals surface area contributed by atoms with Crippen molar-refractivity contribution in [2.45, 2.75) is 12.8 Å². The number of hydrogen-bond acceptors (Lipinski definition) is 8. The highest BCUT2D eigenvalue weighted by atomic mass is 19.1. The zero-order chi connectivity index (χ0) is 21.3. The van der Waals surface area contributed by atoms with E-state index in [-0.39, 0.29) is 29.9 Å². The molecule has 4 rings (SSSR count). The molecule has 0 radical (unpaired) electrons. The number of carbonyl (C=O) groups excluding carboxylic acids is 1. The molecule has 0 bridgehead atoms. The Morgan fingerprint density at radius 2 is 2.00 bits per heavy atom. The lowest BCUT2D eigenvalue weighted by molar-refractivity contribution is 0.0958. The average Bonchev–Trinajstić information content (AvgIpc) is 3.22. The van der Waals surface area contributed by atoms with Crippen LogP contribution >= 0.6 is 0 Å². The molecule has 0 aliphatic rings. The van der Waals surface area contributed by atoms with E-state index in [4.69, 9.17) is 16.0 Å². The topological polar surface area (TPSA) is 153 Å². The van der Waals surface area contributed by atoms with E-state index in [0.717, 1.165) is 5.56 Å².